The molecule has 0 aliphatic heterocycles. The van der Waals surface area contributed by atoms with E-state index < -0.39 is 5.97 Å². The lowest BCUT2D eigenvalue weighted by Gasteiger charge is -2.11. The van der Waals surface area contributed by atoms with Crippen molar-refractivity contribution in [3.8, 4) is 0 Å². The van der Waals surface area contributed by atoms with E-state index in [0.29, 0.717) is 11.1 Å². The monoisotopic (exact) mass is 393 g/mol. The van der Waals surface area contributed by atoms with Crippen molar-refractivity contribution in [3.05, 3.63) is 95.7 Å². The van der Waals surface area contributed by atoms with E-state index in [1.807, 2.05) is 79.7 Å². The molecule has 0 fully saturated rings. The number of hydrogen-bond donors (Lipinski definition) is 1. The van der Waals surface area contributed by atoms with E-state index in [1.54, 1.807) is 0 Å². The maximum absolute atomic E-state index is 13.1. The topological polar surface area (TPSA) is 59.2 Å². The lowest BCUT2D eigenvalue weighted by atomic mass is 9.97. The number of ether oxygens (including phenoxy) is 1. The molecular weight excluding hydrogens is 374 g/mol. The fourth-order valence-electron chi connectivity index (χ4n) is 4.15. The summed E-state index contributed by atoms with van der Waals surface area (Å²) in [6, 6.07) is 25.1. The molecule has 30 heavy (non-hydrogen) atoms. The molecule has 0 aliphatic rings. The number of nitrogens with one attached hydrogen (secondary N) is 1. The van der Waals surface area contributed by atoms with Crippen molar-refractivity contribution in [1.82, 2.24) is 4.98 Å². The molecule has 0 radical (unpaired) electrons. The quantitative estimate of drug-likeness (QED) is 0.238. The summed E-state index contributed by atoms with van der Waals surface area (Å²) < 4.78 is 5.53. The van der Waals surface area contributed by atoms with Crippen LogP contribution >= 0.6 is 0 Å². The molecule has 4 aromatic carbocycles. The second kappa shape index (κ2) is 7.16. The largest absolute Gasteiger partial charge is 0.454 e. The average molecular weight is 393 g/mol. The summed E-state index contributed by atoms with van der Waals surface area (Å²) in [6.07, 6.45) is 0. The first-order chi connectivity index (χ1) is 14.6. The van der Waals surface area contributed by atoms with Crippen LogP contribution in [0.15, 0.2) is 78.9 Å². The Kier molecular flexibility index (Phi) is 4.32. The van der Waals surface area contributed by atoms with Gasteiger partial charge in [-0.3, -0.25) is 4.79 Å². The van der Waals surface area contributed by atoms with Gasteiger partial charge in [0, 0.05) is 22.2 Å². The Morgan fingerprint density at radius 3 is 2.00 bits per heavy atom. The van der Waals surface area contributed by atoms with Crippen LogP contribution in [0, 0.1) is 6.92 Å². The van der Waals surface area contributed by atoms with Crippen molar-refractivity contribution < 1.29 is 14.3 Å². The van der Waals surface area contributed by atoms with Gasteiger partial charge in [-0.1, -0.05) is 66.7 Å². The van der Waals surface area contributed by atoms with E-state index in [1.165, 1.54) is 0 Å². The highest BCUT2D eigenvalue weighted by Gasteiger charge is 2.20. The standard InChI is InChI=1S/C26H19NO3/c1-16-24(21-12-6-7-13-22(21)27-16)23(28)15-30-26(29)25-19-10-4-2-8-17(19)14-18-9-3-5-11-20(18)25/h2-14,27H,15H2,1H3. The molecule has 0 atom stereocenters. The number of aromatic nitrogens is 1. The lowest BCUT2D eigenvalue weighted by molar-refractivity contribution is 0.0479. The number of para-hydroxylation sites is 1. The maximum atomic E-state index is 13.1. The molecular formula is C26H19NO3. The SMILES string of the molecule is Cc1[nH]c2ccccc2c1C(=O)COC(=O)c1c2ccccc2cc2ccccc12. The summed E-state index contributed by atoms with van der Waals surface area (Å²) in [5.41, 5.74) is 2.73. The van der Waals surface area contributed by atoms with Gasteiger partial charge in [0.2, 0.25) is 5.78 Å². The first-order valence-corrected chi connectivity index (χ1v) is 9.81. The van der Waals surface area contributed by atoms with E-state index in [0.717, 1.165) is 38.1 Å². The van der Waals surface area contributed by atoms with Crippen LogP contribution in [0.3, 0.4) is 0 Å². The number of ketones is 1. The van der Waals surface area contributed by atoms with E-state index >= 15 is 0 Å². The second-order valence-electron chi connectivity index (χ2n) is 7.36. The van der Waals surface area contributed by atoms with Crippen molar-refractivity contribution in [3.63, 3.8) is 0 Å². The number of aromatic amines is 1. The summed E-state index contributed by atoms with van der Waals surface area (Å²) in [5, 5.41) is 4.39. The number of benzene rings is 4. The Labute approximate surface area is 173 Å². The van der Waals surface area contributed by atoms with Crippen molar-refractivity contribution in [2.45, 2.75) is 6.92 Å². The maximum Gasteiger partial charge on any atom is 0.339 e. The molecule has 0 saturated carbocycles. The Morgan fingerprint density at radius 1 is 0.767 bits per heavy atom. The van der Waals surface area contributed by atoms with Crippen molar-refractivity contribution in [2.24, 2.45) is 0 Å². The van der Waals surface area contributed by atoms with E-state index in [9.17, 15) is 9.59 Å². The number of aryl methyl sites for hydroxylation is 1. The third-order valence-electron chi connectivity index (χ3n) is 5.48. The van der Waals surface area contributed by atoms with Crippen LogP contribution in [0.5, 0.6) is 0 Å². The Balaban J connectivity index is 1.50. The molecule has 4 heteroatoms. The second-order valence-corrected chi connectivity index (χ2v) is 7.36. The highest BCUT2D eigenvalue weighted by atomic mass is 16.5. The van der Waals surface area contributed by atoms with E-state index in [-0.39, 0.29) is 12.4 Å². The lowest BCUT2D eigenvalue weighted by Crippen LogP contribution is -2.15. The van der Waals surface area contributed by atoms with Gasteiger partial charge < -0.3 is 9.72 Å². The number of rotatable bonds is 4. The molecule has 1 heterocycles. The van der Waals surface area contributed by atoms with Crippen LogP contribution in [0.25, 0.3) is 32.4 Å². The fourth-order valence-corrected chi connectivity index (χ4v) is 4.15. The summed E-state index contributed by atoms with van der Waals surface area (Å²) >= 11 is 0. The third kappa shape index (κ3) is 2.94. The van der Waals surface area contributed by atoms with Crippen LogP contribution in [0.1, 0.15) is 26.4 Å². The van der Waals surface area contributed by atoms with Gasteiger partial charge in [-0.15, -0.1) is 0 Å². The smallest absolute Gasteiger partial charge is 0.339 e. The third-order valence-corrected chi connectivity index (χ3v) is 5.48. The number of Topliss-reactive ketones (excluding diaryl/α,β-unsaturated/α-hetero) is 1. The fraction of sp³-hybridized carbons (Fsp3) is 0.0769. The van der Waals surface area contributed by atoms with Crippen molar-refractivity contribution in [1.29, 1.82) is 0 Å². The summed E-state index contributed by atoms with van der Waals surface area (Å²) in [4.78, 5) is 29.2. The van der Waals surface area contributed by atoms with Gasteiger partial charge in [-0.2, -0.15) is 0 Å². The molecule has 5 rings (SSSR count). The number of carbonyl (C=O) groups is 2. The molecule has 0 unspecified atom stereocenters. The first kappa shape index (κ1) is 18.1. The van der Waals surface area contributed by atoms with Gasteiger partial charge in [-0.05, 0) is 40.6 Å². The molecule has 0 bridgehead atoms. The minimum absolute atomic E-state index is 0.220. The van der Waals surface area contributed by atoms with Crippen LogP contribution in [-0.4, -0.2) is 23.3 Å². The highest BCUT2D eigenvalue weighted by molar-refractivity contribution is 6.17. The van der Waals surface area contributed by atoms with E-state index in [2.05, 4.69) is 11.1 Å². The van der Waals surface area contributed by atoms with Crippen LogP contribution in [-0.2, 0) is 4.74 Å². The van der Waals surface area contributed by atoms with Crippen LogP contribution in [0.4, 0.5) is 0 Å². The molecule has 5 aromatic rings. The predicted molar refractivity (Wildman–Crippen MR) is 119 cm³/mol. The van der Waals surface area contributed by atoms with Crippen LogP contribution in [0.2, 0.25) is 0 Å². The molecule has 0 aliphatic carbocycles. The number of esters is 1. The number of H-pyrrole nitrogens is 1. The van der Waals surface area contributed by atoms with Crippen molar-refractivity contribution >= 4 is 44.2 Å². The Hall–Kier alpha value is -3.92. The molecule has 146 valence electrons. The molecule has 0 spiro atoms. The molecule has 1 N–H and O–H groups in total. The number of carbonyl (C=O) groups excluding carboxylic acids is 2. The van der Waals surface area contributed by atoms with Gasteiger partial charge in [0.05, 0.1) is 5.56 Å². The number of hydrogen-bond acceptors (Lipinski definition) is 3. The molecule has 4 nitrogen and oxygen atoms in total. The van der Waals surface area contributed by atoms with Crippen LogP contribution < -0.4 is 0 Å². The predicted octanol–water partition coefficient (Wildman–Crippen LogP) is 5.82. The summed E-state index contributed by atoms with van der Waals surface area (Å²) in [7, 11) is 0. The van der Waals surface area contributed by atoms with Gasteiger partial charge >= 0.3 is 5.97 Å². The minimum Gasteiger partial charge on any atom is -0.454 e. The zero-order valence-corrected chi connectivity index (χ0v) is 16.4. The molecule has 0 saturated heterocycles. The van der Waals surface area contributed by atoms with Gasteiger partial charge in [-0.25, -0.2) is 4.79 Å². The van der Waals surface area contributed by atoms with Gasteiger partial charge in [0.1, 0.15) is 0 Å². The number of fused-ring (bicyclic) bond motifs is 3. The Morgan fingerprint density at radius 2 is 1.33 bits per heavy atom. The van der Waals surface area contributed by atoms with E-state index in [4.69, 9.17) is 4.74 Å². The minimum atomic E-state index is -0.492. The summed E-state index contributed by atoms with van der Waals surface area (Å²) in [6.45, 7) is 1.55. The highest BCUT2D eigenvalue weighted by Crippen LogP contribution is 2.29. The first-order valence-electron chi connectivity index (χ1n) is 9.81. The molecule has 0 amide bonds. The zero-order valence-electron chi connectivity index (χ0n) is 16.4. The molecule has 1 aromatic heterocycles. The van der Waals surface area contributed by atoms with Crippen molar-refractivity contribution in [2.75, 3.05) is 6.61 Å². The van der Waals surface area contributed by atoms with Gasteiger partial charge in [0.25, 0.3) is 0 Å². The normalized spacial score (nSPS) is 11.2. The zero-order chi connectivity index (χ0) is 20.7. The van der Waals surface area contributed by atoms with Gasteiger partial charge in [0.15, 0.2) is 6.61 Å². The summed E-state index contributed by atoms with van der Waals surface area (Å²) in [5.74, 6) is -0.711. The average Bonchev–Trinajstić information content (AvgIpc) is 3.11. The Bertz CT molecular complexity index is 1390.